The van der Waals surface area contributed by atoms with Crippen molar-refractivity contribution in [2.75, 3.05) is 13.1 Å². The van der Waals surface area contributed by atoms with Crippen molar-refractivity contribution in [2.24, 2.45) is 11.7 Å². The third-order valence-corrected chi connectivity index (χ3v) is 5.86. The first-order valence-corrected chi connectivity index (χ1v) is 8.78. The van der Waals surface area contributed by atoms with E-state index < -0.39 is 0 Å². The van der Waals surface area contributed by atoms with Crippen molar-refractivity contribution in [3.8, 4) is 0 Å². The molecular formula is C16H22BrClN2. The molecule has 0 bridgehead atoms. The van der Waals surface area contributed by atoms with Crippen LogP contribution >= 0.6 is 27.5 Å². The van der Waals surface area contributed by atoms with Crippen LogP contribution in [0, 0.1) is 5.92 Å². The van der Waals surface area contributed by atoms with Gasteiger partial charge in [-0.05, 0) is 78.3 Å². The van der Waals surface area contributed by atoms with Crippen molar-refractivity contribution < 1.29 is 0 Å². The molecule has 1 heterocycles. The first kappa shape index (κ1) is 14.8. The summed E-state index contributed by atoms with van der Waals surface area (Å²) in [5.74, 6) is 0.561. The summed E-state index contributed by atoms with van der Waals surface area (Å²) in [6.45, 7) is 1.99. The van der Waals surface area contributed by atoms with E-state index in [1.165, 1.54) is 44.2 Å². The normalized spacial score (nSPS) is 28.4. The molecule has 4 heteroatoms. The minimum atomic E-state index is 0.462. The first-order chi connectivity index (χ1) is 9.70. The average molecular weight is 358 g/mol. The number of likely N-dealkylation sites (tertiary alicyclic amines) is 1. The van der Waals surface area contributed by atoms with Crippen LogP contribution in [0.5, 0.6) is 0 Å². The number of rotatable bonds is 3. The van der Waals surface area contributed by atoms with Crippen molar-refractivity contribution in [1.82, 2.24) is 4.90 Å². The molecule has 0 aromatic heterocycles. The molecule has 0 amide bonds. The molecule has 0 radical (unpaired) electrons. The van der Waals surface area contributed by atoms with E-state index in [9.17, 15) is 0 Å². The predicted octanol–water partition coefficient (Wildman–Crippen LogP) is 4.37. The summed E-state index contributed by atoms with van der Waals surface area (Å²) in [7, 11) is 0. The van der Waals surface area contributed by atoms with E-state index >= 15 is 0 Å². The quantitative estimate of drug-likeness (QED) is 0.870. The number of hydrogen-bond donors (Lipinski definition) is 1. The van der Waals surface area contributed by atoms with E-state index in [-0.39, 0.29) is 0 Å². The molecule has 20 heavy (non-hydrogen) atoms. The highest BCUT2D eigenvalue weighted by atomic mass is 79.9. The molecule has 1 aliphatic carbocycles. The molecule has 2 N–H and O–H groups in total. The van der Waals surface area contributed by atoms with Gasteiger partial charge in [0.25, 0.3) is 0 Å². The fraction of sp³-hybridized carbons (Fsp3) is 0.625. The highest BCUT2D eigenvalue weighted by Gasteiger charge is 2.38. The molecule has 1 saturated carbocycles. The third kappa shape index (κ3) is 3.06. The lowest BCUT2D eigenvalue weighted by molar-refractivity contribution is 0.149. The van der Waals surface area contributed by atoms with Gasteiger partial charge in [-0.15, -0.1) is 0 Å². The van der Waals surface area contributed by atoms with Gasteiger partial charge in [0.1, 0.15) is 0 Å². The Morgan fingerprint density at radius 1 is 1.25 bits per heavy atom. The van der Waals surface area contributed by atoms with Crippen LogP contribution in [0.3, 0.4) is 0 Å². The summed E-state index contributed by atoms with van der Waals surface area (Å²) in [4.78, 5) is 2.71. The lowest BCUT2D eigenvalue weighted by atomic mass is 9.89. The van der Waals surface area contributed by atoms with Crippen LogP contribution in [0.15, 0.2) is 22.7 Å². The fourth-order valence-corrected chi connectivity index (χ4v) is 4.01. The van der Waals surface area contributed by atoms with E-state index in [1.807, 2.05) is 6.07 Å². The molecule has 3 rings (SSSR count). The Balaban J connectivity index is 1.95. The molecular weight excluding hydrogens is 336 g/mol. The second-order valence-electron chi connectivity index (χ2n) is 6.08. The van der Waals surface area contributed by atoms with E-state index in [2.05, 4.69) is 33.0 Å². The zero-order valence-corrected chi connectivity index (χ0v) is 14.0. The van der Waals surface area contributed by atoms with E-state index in [0.29, 0.717) is 12.0 Å². The molecule has 2 fully saturated rings. The van der Waals surface area contributed by atoms with Gasteiger partial charge in [-0.1, -0.05) is 24.1 Å². The molecule has 1 aromatic carbocycles. The molecule has 2 atom stereocenters. The van der Waals surface area contributed by atoms with Gasteiger partial charge < -0.3 is 5.73 Å². The Morgan fingerprint density at radius 3 is 2.70 bits per heavy atom. The van der Waals surface area contributed by atoms with E-state index in [0.717, 1.165) is 22.1 Å². The predicted molar refractivity (Wildman–Crippen MR) is 88.0 cm³/mol. The molecule has 0 spiro atoms. The smallest absolute Gasteiger partial charge is 0.0548 e. The summed E-state index contributed by atoms with van der Waals surface area (Å²) in [6, 6.07) is 7.62. The summed E-state index contributed by atoms with van der Waals surface area (Å²) in [5.41, 5.74) is 7.45. The van der Waals surface area contributed by atoms with Gasteiger partial charge in [-0.25, -0.2) is 0 Å². The van der Waals surface area contributed by atoms with Crippen LogP contribution in [0.4, 0.5) is 0 Å². The molecule has 110 valence electrons. The van der Waals surface area contributed by atoms with E-state index in [1.54, 1.807) is 0 Å². The Morgan fingerprint density at radius 2 is 2.05 bits per heavy atom. The summed E-state index contributed by atoms with van der Waals surface area (Å²) in [5, 5.41) is 0.782. The lowest BCUT2D eigenvalue weighted by Crippen LogP contribution is -2.37. The Bertz CT molecular complexity index is 476. The molecule has 1 saturated heterocycles. The molecule has 2 nitrogen and oxygen atoms in total. The maximum atomic E-state index is 6.15. The third-order valence-electron chi connectivity index (χ3n) is 4.65. The number of benzene rings is 1. The van der Waals surface area contributed by atoms with Gasteiger partial charge in [0.15, 0.2) is 0 Å². The van der Waals surface area contributed by atoms with Gasteiger partial charge in [0.2, 0.25) is 0 Å². The van der Waals surface area contributed by atoms with Crippen LogP contribution in [0.1, 0.15) is 43.7 Å². The summed E-state index contributed by atoms with van der Waals surface area (Å²) in [6.07, 6.45) is 6.55. The van der Waals surface area contributed by atoms with Crippen LogP contribution in [0.25, 0.3) is 0 Å². The van der Waals surface area contributed by atoms with E-state index in [4.69, 9.17) is 17.3 Å². The fourth-order valence-electron chi connectivity index (χ4n) is 3.49. The molecule has 2 aliphatic rings. The second kappa shape index (κ2) is 6.35. The maximum Gasteiger partial charge on any atom is 0.0548 e. The minimum absolute atomic E-state index is 0.462. The Hall–Kier alpha value is -0.0900. The van der Waals surface area contributed by atoms with Crippen molar-refractivity contribution in [1.29, 1.82) is 0 Å². The second-order valence-corrected chi connectivity index (χ2v) is 7.34. The van der Waals surface area contributed by atoms with Crippen LogP contribution in [0.2, 0.25) is 5.02 Å². The van der Waals surface area contributed by atoms with Crippen molar-refractivity contribution >= 4 is 27.5 Å². The minimum Gasteiger partial charge on any atom is -0.330 e. The molecule has 1 aromatic rings. The Kier molecular flexibility index (Phi) is 4.71. The topological polar surface area (TPSA) is 29.3 Å². The largest absolute Gasteiger partial charge is 0.330 e. The summed E-state index contributed by atoms with van der Waals surface area (Å²) >= 11 is 9.71. The lowest BCUT2D eigenvalue weighted by Gasteiger charge is -2.35. The van der Waals surface area contributed by atoms with Crippen LogP contribution in [-0.2, 0) is 0 Å². The monoisotopic (exact) mass is 356 g/mol. The standard InChI is InChI=1S/C16H22BrClN2/c17-14-9-11(4-7-15(14)18)16-12(10-19)3-1-2-8-20(16)13-5-6-13/h4,7,9,12-13,16H,1-3,5-6,8,10,19H2. The number of halogens is 2. The average Bonchev–Trinajstić information content (AvgIpc) is 3.26. The molecule has 2 unspecified atom stereocenters. The first-order valence-electron chi connectivity index (χ1n) is 7.61. The van der Waals surface area contributed by atoms with Crippen LogP contribution in [-0.4, -0.2) is 24.0 Å². The van der Waals surface area contributed by atoms with Gasteiger partial charge >= 0.3 is 0 Å². The maximum absolute atomic E-state index is 6.15. The van der Waals surface area contributed by atoms with Gasteiger partial charge in [-0.3, -0.25) is 4.90 Å². The number of nitrogens with two attached hydrogens (primary N) is 1. The van der Waals surface area contributed by atoms with Gasteiger partial charge in [0, 0.05) is 16.6 Å². The SMILES string of the molecule is NCC1CCCCN(C2CC2)C1c1ccc(Cl)c(Br)c1. The summed E-state index contributed by atoms with van der Waals surface area (Å²) < 4.78 is 0.993. The van der Waals surface area contributed by atoms with Gasteiger partial charge in [0.05, 0.1) is 5.02 Å². The highest BCUT2D eigenvalue weighted by Crippen LogP contribution is 2.42. The van der Waals surface area contributed by atoms with Gasteiger partial charge in [-0.2, -0.15) is 0 Å². The Labute approximate surface area is 134 Å². The zero-order valence-electron chi connectivity index (χ0n) is 11.7. The highest BCUT2D eigenvalue weighted by molar-refractivity contribution is 9.10. The zero-order chi connectivity index (χ0) is 14.1. The van der Waals surface area contributed by atoms with Crippen molar-refractivity contribution in [3.05, 3.63) is 33.3 Å². The van der Waals surface area contributed by atoms with Crippen LogP contribution < -0.4 is 5.73 Å². The molecule has 1 aliphatic heterocycles. The van der Waals surface area contributed by atoms with Crippen molar-refractivity contribution in [3.63, 3.8) is 0 Å². The number of hydrogen-bond acceptors (Lipinski definition) is 2. The number of nitrogens with zero attached hydrogens (tertiary/aromatic N) is 1. The van der Waals surface area contributed by atoms with Crippen molar-refractivity contribution in [2.45, 2.75) is 44.2 Å².